The van der Waals surface area contributed by atoms with E-state index in [0.717, 1.165) is 45.0 Å². The van der Waals surface area contributed by atoms with E-state index in [1.807, 2.05) is 33.9 Å². The van der Waals surface area contributed by atoms with Gasteiger partial charge in [0.15, 0.2) is 5.78 Å². The minimum Gasteiger partial charge on any atom is -0.361 e. The van der Waals surface area contributed by atoms with Gasteiger partial charge in [-0.1, -0.05) is 12.1 Å². The minimum absolute atomic E-state index is 0.138. The van der Waals surface area contributed by atoms with Crippen LogP contribution in [0.3, 0.4) is 0 Å². The topological polar surface area (TPSA) is 60.9 Å². The zero-order valence-electron chi connectivity index (χ0n) is 14.5. The standard InChI is InChI=1S/C19H21N3O2/c1-5-16(23)14-8-13(17-10(2)21-24-11(17)3)9-15-18(14)22(4)19(20-15)12-6-7-12/h8-9,12H,5-7H2,1-4H3. The molecule has 2 heterocycles. The molecule has 0 atom stereocenters. The number of hydrogen-bond acceptors (Lipinski definition) is 4. The van der Waals surface area contributed by atoms with Crippen molar-refractivity contribution in [2.45, 2.75) is 46.0 Å². The Labute approximate surface area is 140 Å². The summed E-state index contributed by atoms with van der Waals surface area (Å²) in [5.74, 6) is 2.53. The largest absolute Gasteiger partial charge is 0.361 e. The lowest BCUT2D eigenvalue weighted by Crippen LogP contribution is -2.03. The SMILES string of the molecule is CCC(=O)c1cc(-c2c(C)noc2C)cc2nc(C3CC3)n(C)c12. The summed E-state index contributed by atoms with van der Waals surface area (Å²) in [4.78, 5) is 17.4. The second-order valence-electron chi connectivity index (χ2n) is 6.67. The number of carbonyl (C=O) groups is 1. The Balaban J connectivity index is 2.02. The van der Waals surface area contributed by atoms with Gasteiger partial charge < -0.3 is 9.09 Å². The van der Waals surface area contributed by atoms with Crippen LogP contribution in [-0.4, -0.2) is 20.5 Å². The molecule has 1 aliphatic carbocycles. The molecule has 24 heavy (non-hydrogen) atoms. The van der Waals surface area contributed by atoms with Crippen LogP contribution in [0.1, 0.15) is 59.7 Å². The number of hydrogen-bond donors (Lipinski definition) is 0. The molecule has 0 amide bonds. The summed E-state index contributed by atoms with van der Waals surface area (Å²) in [6.07, 6.45) is 2.85. The van der Waals surface area contributed by atoms with Gasteiger partial charge in [-0.05, 0) is 44.4 Å². The number of Topliss-reactive ketones (excluding diaryl/α,β-unsaturated/α-hetero) is 1. The second kappa shape index (κ2) is 5.30. The predicted octanol–water partition coefficient (Wildman–Crippen LogP) is 4.32. The third-order valence-corrected chi connectivity index (χ3v) is 4.89. The lowest BCUT2D eigenvalue weighted by atomic mass is 9.98. The van der Waals surface area contributed by atoms with Gasteiger partial charge in [0, 0.05) is 30.5 Å². The molecule has 124 valence electrons. The van der Waals surface area contributed by atoms with Crippen LogP contribution in [0.25, 0.3) is 22.2 Å². The summed E-state index contributed by atoms with van der Waals surface area (Å²) in [6, 6.07) is 4.03. The minimum atomic E-state index is 0.138. The molecule has 0 aliphatic heterocycles. The molecule has 0 radical (unpaired) electrons. The third kappa shape index (κ3) is 2.19. The monoisotopic (exact) mass is 323 g/mol. The van der Waals surface area contributed by atoms with Gasteiger partial charge in [-0.2, -0.15) is 0 Å². The van der Waals surface area contributed by atoms with E-state index in [-0.39, 0.29) is 5.78 Å². The van der Waals surface area contributed by atoms with E-state index in [1.54, 1.807) is 0 Å². The van der Waals surface area contributed by atoms with E-state index in [0.29, 0.717) is 12.3 Å². The van der Waals surface area contributed by atoms with Gasteiger partial charge in [-0.3, -0.25) is 4.79 Å². The van der Waals surface area contributed by atoms with Crippen molar-refractivity contribution in [3.8, 4) is 11.1 Å². The third-order valence-electron chi connectivity index (χ3n) is 4.89. The number of aryl methyl sites for hydroxylation is 3. The van der Waals surface area contributed by atoms with E-state index in [2.05, 4.69) is 15.8 Å². The van der Waals surface area contributed by atoms with Crippen LogP contribution in [0.15, 0.2) is 16.7 Å². The Morgan fingerprint density at radius 1 is 1.33 bits per heavy atom. The fourth-order valence-electron chi connectivity index (χ4n) is 3.52. The van der Waals surface area contributed by atoms with Crippen LogP contribution in [0.2, 0.25) is 0 Å². The zero-order valence-corrected chi connectivity index (χ0v) is 14.5. The molecular weight excluding hydrogens is 302 g/mol. The molecule has 5 heteroatoms. The first-order valence-corrected chi connectivity index (χ1v) is 8.48. The van der Waals surface area contributed by atoms with Crippen LogP contribution in [0.4, 0.5) is 0 Å². The molecule has 1 saturated carbocycles. The van der Waals surface area contributed by atoms with Gasteiger partial charge in [0.1, 0.15) is 11.6 Å². The van der Waals surface area contributed by atoms with Gasteiger partial charge in [0.2, 0.25) is 0 Å². The van der Waals surface area contributed by atoms with Gasteiger partial charge >= 0.3 is 0 Å². The quantitative estimate of drug-likeness (QED) is 0.671. The number of imidazole rings is 1. The molecule has 4 rings (SSSR count). The van der Waals surface area contributed by atoms with Crippen molar-refractivity contribution in [3.05, 3.63) is 35.0 Å². The maximum atomic E-state index is 12.6. The van der Waals surface area contributed by atoms with E-state index in [1.165, 1.54) is 12.8 Å². The van der Waals surface area contributed by atoms with Crippen molar-refractivity contribution in [2.75, 3.05) is 0 Å². The lowest BCUT2D eigenvalue weighted by molar-refractivity contribution is 0.0989. The maximum absolute atomic E-state index is 12.6. The normalized spacial score (nSPS) is 14.5. The highest BCUT2D eigenvalue weighted by atomic mass is 16.5. The average Bonchev–Trinajstić information content (AvgIpc) is 3.28. The van der Waals surface area contributed by atoms with Crippen LogP contribution < -0.4 is 0 Å². The van der Waals surface area contributed by atoms with E-state index in [4.69, 9.17) is 9.51 Å². The van der Waals surface area contributed by atoms with Crippen LogP contribution >= 0.6 is 0 Å². The zero-order chi connectivity index (χ0) is 17.0. The molecule has 0 unspecified atom stereocenters. The number of benzene rings is 1. The Morgan fingerprint density at radius 3 is 2.67 bits per heavy atom. The average molecular weight is 323 g/mol. The molecule has 1 aliphatic rings. The smallest absolute Gasteiger partial charge is 0.164 e. The molecule has 0 N–H and O–H groups in total. The second-order valence-corrected chi connectivity index (χ2v) is 6.67. The van der Waals surface area contributed by atoms with Crippen molar-refractivity contribution in [2.24, 2.45) is 7.05 Å². The molecule has 5 nitrogen and oxygen atoms in total. The number of ketones is 1. The first kappa shape index (κ1) is 15.1. The highest BCUT2D eigenvalue weighted by Gasteiger charge is 2.30. The molecule has 1 aromatic carbocycles. The van der Waals surface area contributed by atoms with Gasteiger partial charge in [0.25, 0.3) is 0 Å². The summed E-state index contributed by atoms with van der Waals surface area (Å²) in [5.41, 5.74) is 5.32. The highest BCUT2D eigenvalue weighted by molar-refractivity contribution is 6.08. The highest BCUT2D eigenvalue weighted by Crippen LogP contribution is 2.41. The van der Waals surface area contributed by atoms with Crippen LogP contribution in [-0.2, 0) is 7.05 Å². The molecule has 0 saturated heterocycles. The van der Waals surface area contributed by atoms with Crippen LogP contribution in [0.5, 0.6) is 0 Å². The summed E-state index contributed by atoms with van der Waals surface area (Å²) in [6.45, 7) is 5.72. The number of nitrogens with zero attached hydrogens (tertiary/aromatic N) is 3. The first-order valence-electron chi connectivity index (χ1n) is 8.48. The number of fused-ring (bicyclic) bond motifs is 1. The summed E-state index contributed by atoms with van der Waals surface area (Å²) in [7, 11) is 2.02. The van der Waals surface area contributed by atoms with E-state index in [9.17, 15) is 4.79 Å². The molecule has 1 fully saturated rings. The lowest BCUT2D eigenvalue weighted by Gasteiger charge is -2.08. The first-order chi connectivity index (χ1) is 11.5. The van der Waals surface area contributed by atoms with E-state index >= 15 is 0 Å². The van der Waals surface area contributed by atoms with Crippen LogP contribution in [0, 0.1) is 13.8 Å². The molecule has 0 spiro atoms. The molecular formula is C19H21N3O2. The van der Waals surface area contributed by atoms with Crippen molar-refractivity contribution < 1.29 is 9.32 Å². The number of carbonyl (C=O) groups excluding carboxylic acids is 1. The Hall–Kier alpha value is -2.43. The summed E-state index contributed by atoms with van der Waals surface area (Å²) in [5, 5.41) is 4.04. The molecule has 0 bridgehead atoms. The Morgan fingerprint density at radius 2 is 2.08 bits per heavy atom. The fourth-order valence-corrected chi connectivity index (χ4v) is 3.52. The van der Waals surface area contributed by atoms with E-state index < -0.39 is 0 Å². The molecule has 2 aromatic heterocycles. The number of aromatic nitrogens is 3. The predicted molar refractivity (Wildman–Crippen MR) is 92.3 cm³/mol. The van der Waals surface area contributed by atoms with Gasteiger partial charge in [0.05, 0.1) is 16.7 Å². The summed E-state index contributed by atoms with van der Waals surface area (Å²) < 4.78 is 7.41. The fraction of sp³-hybridized carbons (Fsp3) is 0.421. The maximum Gasteiger partial charge on any atom is 0.164 e. The Bertz CT molecular complexity index is 941. The van der Waals surface area contributed by atoms with Crippen molar-refractivity contribution in [1.82, 2.24) is 14.7 Å². The Kier molecular flexibility index (Phi) is 3.34. The summed E-state index contributed by atoms with van der Waals surface area (Å²) >= 11 is 0. The van der Waals surface area contributed by atoms with Crippen molar-refractivity contribution in [3.63, 3.8) is 0 Å². The molecule has 3 aromatic rings. The van der Waals surface area contributed by atoms with Gasteiger partial charge in [-0.15, -0.1) is 0 Å². The van der Waals surface area contributed by atoms with Gasteiger partial charge in [-0.25, -0.2) is 4.98 Å². The van der Waals surface area contributed by atoms with Crippen molar-refractivity contribution >= 4 is 16.8 Å². The van der Waals surface area contributed by atoms with Crippen molar-refractivity contribution in [1.29, 1.82) is 0 Å². The number of rotatable bonds is 4.